The number of β-amino-alcohol motifs (C(OH)–C–C–N with tert-alkyl or cyclic N) is 1. The zero-order chi connectivity index (χ0) is 25.8. The van der Waals surface area contributed by atoms with Gasteiger partial charge in [0.2, 0.25) is 5.82 Å². The van der Waals surface area contributed by atoms with Crippen LogP contribution in [0.15, 0.2) is 6.33 Å². The maximum absolute atomic E-state index is 15.4. The van der Waals surface area contributed by atoms with E-state index in [1.807, 2.05) is 32.6 Å². The Balaban J connectivity index is 1.56. The number of anilines is 2. The number of aliphatic hydroxyl groups excluding tert-OH is 1. The SMILES string of the molecule is CCN(C[C@H]1CCC(C)(C)OC1)c1ncnc(NC[C@@H]2CCN(C(=O)OC(C)(C)C)C[C@H]2O)c1F. The van der Waals surface area contributed by atoms with Gasteiger partial charge in [0.15, 0.2) is 11.6 Å². The third-order valence-electron chi connectivity index (χ3n) is 6.70. The number of piperidine rings is 1. The fourth-order valence-electron chi connectivity index (χ4n) is 4.51. The summed E-state index contributed by atoms with van der Waals surface area (Å²) in [6.45, 7) is 14.6. The molecule has 2 saturated heterocycles. The molecule has 0 aliphatic carbocycles. The minimum Gasteiger partial charge on any atom is -0.444 e. The summed E-state index contributed by atoms with van der Waals surface area (Å²) in [5, 5.41) is 13.7. The van der Waals surface area contributed by atoms with Crippen LogP contribution in [-0.4, -0.2) is 82.7 Å². The molecule has 9 nitrogen and oxygen atoms in total. The van der Waals surface area contributed by atoms with E-state index in [2.05, 4.69) is 29.1 Å². The number of likely N-dealkylation sites (tertiary alicyclic amines) is 1. The Morgan fingerprint density at radius 2 is 2.11 bits per heavy atom. The lowest BCUT2D eigenvalue weighted by Gasteiger charge is -2.37. The number of nitrogens with one attached hydrogen (secondary N) is 1. The Labute approximate surface area is 208 Å². The Bertz CT molecular complexity index is 853. The Morgan fingerprint density at radius 3 is 2.71 bits per heavy atom. The van der Waals surface area contributed by atoms with Gasteiger partial charge >= 0.3 is 6.09 Å². The van der Waals surface area contributed by atoms with Crippen molar-refractivity contribution >= 4 is 17.7 Å². The number of amides is 1. The van der Waals surface area contributed by atoms with Crippen LogP contribution in [0.3, 0.4) is 0 Å². The Kier molecular flexibility index (Phi) is 8.80. The molecule has 1 aromatic heterocycles. The fourth-order valence-corrected chi connectivity index (χ4v) is 4.51. The molecule has 0 saturated carbocycles. The van der Waals surface area contributed by atoms with E-state index in [0.717, 1.165) is 12.8 Å². The predicted molar refractivity (Wildman–Crippen MR) is 133 cm³/mol. The second-order valence-corrected chi connectivity index (χ2v) is 11.3. The minimum atomic E-state index is -0.740. The summed E-state index contributed by atoms with van der Waals surface area (Å²) >= 11 is 0. The molecule has 0 radical (unpaired) electrons. The average molecular weight is 496 g/mol. The van der Waals surface area contributed by atoms with E-state index in [9.17, 15) is 9.90 Å². The molecule has 35 heavy (non-hydrogen) atoms. The molecule has 198 valence electrons. The van der Waals surface area contributed by atoms with Gasteiger partial charge in [-0.3, -0.25) is 0 Å². The summed E-state index contributed by atoms with van der Waals surface area (Å²) in [6, 6.07) is 0. The molecule has 1 aromatic rings. The largest absolute Gasteiger partial charge is 0.444 e. The number of halogens is 1. The normalized spacial score (nSPS) is 24.7. The van der Waals surface area contributed by atoms with E-state index in [0.29, 0.717) is 45.1 Å². The van der Waals surface area contributed by atoms with Gasteiger partial charge in [-0.15, -0.1) is 0 Å². The quantitative estimate of drug-likeness (QED) is 0.591. The standard InChI is InChI=1S/C25H42FN5O4/c1-7-30(13-17-8-10-25(5,6)34-15-17)22-20(26)21(28-16-29-22)27-12-18-9-11-31(14-19(18)32)23(33)35-24(2,3)4/h16-19,32H,7-15H2,1-6H3,(H,27,28,29)/t17-,18+,19-/m1/s1. The van der Waals surface area contributed by atoms with Gasteiger partial charge in [-0.25, -0.2) is 14.8 Å². The number of aliphatic hydroxyl groups is 1. The number of aromatic nitrogens is 2. The first-order chi connectivity index (χ1) is 16.4. The predicted octanol–water partition coefficient (Wildman–Crippen LogP) is 3.68. The van der Waals surface area contributed by atoms with Gasteiger partial charge in [0, 0.05) is 32.1 Å². The smallest absolute Gasteiger partial charge is 0.410 e. The fraction of sp³-hybridized carbons (Fsp3) is 0.800. The molecular weight excluding hydrogens is 453 g/mol. The highest BCUT2D eigenvalue weighted by Crippen LogP contribution is 2.30. The van der Waals surface area contributed by atoms with Crippen molar-refractivity contribution in [2.45, 2.75) is 78.1 Å². The molecular formula is C25H42FN5O4. The van der Waals surface area contributed by atoms with E-state index in [1.54, 1.807) is 0 Å². The molecule has 0 spiro atoms. The number of carbonyl (C=O) groups is 1. The molecule has 2 aliphatic rings. The second kappa shape index (κ2) is 11.2. The van der Waals surface area contributed by atoms with Gasteiger partial charge in [0.1, 0.15) is 11.9 Å². The number of rotatable bonds is 7. The van der Waals surface area contributed by atoms with E-state index in [1.165, 1.54) is 11.2 Å². The van der Waals surface area contributed by atoms with E-state index >= 15 is 4.39 Å². The number of hydrogen-bond acceptors (Lipinski definition) is 8. The summed E-state index contributed by atoms with van der Waals surface area (Å²) in [4.78, 5) is 24.1. The molecule has 2 fully saturated rings. The van der Waals surface area contributed by atoms with E-state index < -0.39 is 23.6 Å². The summed E-state index contributed by atoms with van der Waals surface area (Å²) in [6.07, 6.45) is 2.78. The highest BCUT2D eigenvalue weighted by atomic mass is 19.1. The van der Waals surface area contributed by atoms with Crippen molar-refractivity contribution in [2.75, 3.05) is 49.5 Å². The summed E-state index contributed by atoms with van der Waals surface area (Å²) in [5.41, 5.74) is -0.686. The van der Waals surface area contributed by atoms with Crippen LogP contribution in [0.5, 0.6) is 0 Å². The molecule has 10 heteroatoms. The molecule has 0 unspecified atom stereocenters. The van der Waals surface area contributed by atoms with Crippen LogP contribution in [0.25, 0.3) is 0 Å². The van der Waals surface area contributed by atoms with Gasteiger partial charge in [-0.2, -0.15) is 4.39 Å². The number of nitrogens with zero attached hydrogens (tertiary/aromatic N) is 4. The molecule has 0 bridgehead atoms. The topological polar surface area (TPSA) is 100 Å². The maximum atomic E-state index is 15.4. The number of ether oxygens (including phenoxy) is 2. The van der Waals surface area contributed by atoms with Crippen molar-refractivity contribution in [3.8, 4) is 0 Å². The van der Waals surface area contributed by atoms with E-state index in [-0.39, 0.29) is 29.7 Å². The highest BCUT2D eigenvalue weighted by molar-refractivity contribution is 5.68. The molecule has 0 aromatic carbocycles. The third kappa shape index (κ3) is 7.64. The maximum Gasteiger partial charge on any atom is 0.410 e. The van der Waals surface area contributed by atoms with Crippen molar-refractivity contribution in [3.05, 3.63) is 12.1 Å². The van der Waals surface area contributed by atoms with Crippen LogP contribution in [0, 0.1) is 17.7 Å². The van der Waals surface area contributed by atoms with Crippen LogP contribution < -0.4 is 10.2 Å². The number of hydrogen-bond donors (Lipinski definition) is 2. The highest BCUT2D eigenvalue weighted by Gasteiger charge is 2.33. The first kappa shape index (κ1) is 27.4. The first-order valence-corrected chi connectivity index (χ1v) is 12.7. The van der Waals surface area contributed by atoms with Gasteiger partial charge in [-0.1, -0.05) is 0 Å². The van der Waals surface area contributed by atoms with Crippen LogP contribution in [0.1, 0.15) is 60.8 Å². The average Bonchev–Trinajstić information content (AvgIpc) is 2.77. The Hall–Kier alpha value is -2.20. The molecule has 3 heterocycles. The minimum absolute atomic E-state index is 0.0988. The van der Waals surface area contributed by atoms with Crippen LogP contribution in [-0.2, 0) is 9.47 Å². The summed E-state index contributed by atoms with van der Waals surface area (Å²) in [5.74, 6) is 0.0778. The van der Waals surface area contributed by atoms with Crippen molar-refractivity contribution in [1.29, 1.82) is 0 Å². The van der Waals surface area contributed by atoms with Gasteiger partial charge in [0.25, 0.3) is 0 Å². The van der Waals surface area contributed by atoms with Crippen LogP contribution >= 0.6 is 0 Å². The summed E-state index contributed by atoms with van der Waals surface area (Å²) < 4.78 is 26.7. The van der Waals surface area contributed by atoms with Crippen molar-refractivity contribution in [1.82, 2.24) is 14.9 Å². The van der Waals surface area contributed by atoms with Gasteiger partial charge < -0.3 is 29.7 Å². The van der Waals surface area contributed by atoms with Crippen molar-refractivity contribution < 1.29 is 23.8 Å². The zero-order valence-corrected chi connectivity index (χ0v) is 22.0. The van der Waals surface area contributed by atoms with Crippen LogP contribution in [0.2, 0.25) is 0 Å². The van der Waals surface area contributed by atoms with Crippen molar-refractivity contribution in [3.63, 3.8) is 0 Å². The molecule has 1 amide bonds. The van der Waals surface area contributed by atoms with Gasteiger partial charge in [0.05, 0.1) is 24.9 Å². The van der Waals surface area contributed by atoms with Crippen molar-refractivity contribution in [2.24, 2.45) is 11.8 Å². The van der Waals surface area contributed by atoms with Gasteiger partial charge in [-0.05, 0) is 66.7 Å². The molecule has 3 atom stereocenters. The molecule has 3 rings (SSSR count). The lowest BCUT2D eigenvalue weighted by Crippen LogP contribution is -2.49. The van der Waals surface area contributed by atoms with E-state index in [4.69, 9.17) is 9.47 Å². The lowest BCUT2D eigenvalue weighted by atomic mass is 9.91. The first-order valence-electron chi connectivity index (χ1n) is 12.7. The molecule has 2 aliphatic heterocycles. The monoisotopic (exact) mass is 495 g/mol. The van der Waals surface area contributed by atoms with Crippen LogP contribution in [0.4, 0.5) is 20.8 Å². The zero-order valence-electron chi connectivity index (χ0n) is 22.0. The number of carbonyl (C=O) groups excluding carboxylic acids is 1. The molecule has 2 N–H and O–H groups in total. The Morgan fingerprint density at radius 1 is 1.37 bits per heavy atom. The second-order valence-electron chi connectivity index (χ2n) is 11.3. The summed E-state index contributed by atoms with van der Waals surface area (Å²) in [7, 11) is 0. The lowest BCUT2D eigenvalue weighted by molar-refractivity contribution is -0.0747. The third-order valence-corrected chi connectivity index (χ3v) is 6.70.